The molecule has 0 bridgehead atoms. The number of piperidine rings is 1. The number of carbonyl (C=O) groups is 2. The summed E-state index contributed by atoms with van der Waals surface area (Å²) in [6, 6.07) is 10.6. The summed E-state index contributed by atoms with van der Waals surface area (Å²) in [4.78, 5) is 37.6. The minimum absolute atomic E-state index is 0.292. The van der Waals surface area contributed by atoms with Gasteiger partial charge in [-0.2, -0.15) is 0 Å². The van der Waals surface area contributed by atoms with E-state index in [9.17, 15) is 14.7 Å². The number of anilines is 1. The number of benzene rings is 1. The van der Waals surface area contributed by atoms with Gasteiger partial charge >= 0.3 is 5.97 Å². The van der Waals surface area contributed by atoms with E-state index < -0.39 is 5.97 Å². The number of aryl methyl sites for hydroxylation is 1. The van der Waals surface area contributed by atoms with Crippen LogP contribution in [0.2, 0.25) is 0 Å². The van der Waals surface area contributed by atoms with Crippen LogP contribution in [-0.4, -0.2) is 58.0 Å². The highest BCUT2D eigenvalue weighted by atomic mass is 16.4. The molecule has 1 aliphatic heterocycles. The van der Waals surface area contributed by atoms with Crippen molar-refractivity contribution in [2.24, 2.45) is 11.8 Å². The van der Waals surface area contributed by atoms with Crippen molar-refractivity contribution in [3.05, 3.63) is 53.3 Å². The van der Waals surface area contributed by atoms with Gasteiger partial charge in [-0.1, -0.05) is 57.5 Å². The first kappa shape index (κ1) is 25.7. The lowest BCUT2D eigenvalue weighted by molar-refractivity contribution is -0.137. The van der Waals surface area contributed by atoms with E-state index in [2.05, 4.69) is 61.0 Å². The van der Waals surface area contributed by atoms with Gasteiger partial charge in [0.2, 0.25) is 5.95 Å². The van der Waals surface area contributed by atoms with Crippen molar-refractivity contribution >= 4 is 17.8 Å². The predicted octanol–water partition coefficient (Wildman–Crippen LogP) is 4.46. The van der Waals surface area contributed by atoms with E-state index in [1.165, 1.54) is 10.5 Å². The van der Waals surface area contributed by atoms with E-state index in [4.69, 9.17) is 4.98 Å². The summed E-state index contributed by atoms with van der Waals surface area (Å²) in [5, 5.41) is 9.31. The van der Waals surface area contributed by atoms with Gasteiger partial charge in [-0.05, 0) is 49.5 Å². The lowest BCUT2D eigenvalue weighted by Crippen LogP contribution is -2.38. The highest BCUT2D eigenvalue weighted by Crippen LogP contribution is 2.25. The second kappa shape index (κ2) is 12.5. The third kappa shape index (κ3) is 7.27. The molecular weight excluding hydrogens is 428 g/mol. The number of carbonyl (C=O) groups excluding carboxylic acids is 1. The molecule has 0 atom stereocenters. The summed E-state index contributed by atoms with van der Waals surface area (Å²) in [5.74, 6) is 0.401. The van der Waals surface area contributed by atoms with E-state index in [0.29, 0.717) is 42.0 Å². The molecule has 0 saturated carbocycles. The summed E-state index contributed by atoms with van der Waals surface area (Å²) < 4.78 is 0. The minimum atomic E-state index is -1.01. The zero-order chi connectivity index (χ0) is 24.5. The Balaban J connectivity index is 1.70. The van der Waals surface area contributed by atoms with Crippen molar-refractivity contribution in [3.63, 3.8) is 0 Å². The van der Waals surface area contributed by atoms with Crippen LogP contribution in [-0.2, 0) is 17.6 Å². The van der Waals surface area contributed by atoms with Crippen LogP contribution in [0.3, 0.4) is 0 Å². The number of carboxylic acid groups (broad SMARTS) is 1. The Hall–Kier alpha value is -2.96. The molecule has 184 valence electrons. The number of amides is 1. The fraction of sp³-hybridized carbons (Fsp3) is 0.556. The zero-order valence-corrected chi connectivity index (χ0v) is 20.7. The molecule has 2 heterocycles. The lowest BCUT2D eigenvalue weighted by Gasteiger charge is -2.32. The number of aromatic nitrogens is 2. The Labute approximate surface area is 203 Å². The predicted molar refractivity (Wildman–Crippen MR) is 134 cm³/mol. The highest BCUT2D eigenvalue weighted by molar-refractivity contribution is 5.96. The molecule has 1 aromatic heterocycles. The summed E-state index contributed by atoms with van der Waals surface area (Å²) in [6.45, 7) is 8.07. The first-order chi connectivity index (χ1) is 16.4. The molecule has 1 aliphatic rings. The number of nitrogens with zero attached hydrogens (tertiary/aromatic N) is 4. The number of aliphatic carboxylic acids is 1. The van der Waals surface area contributed by atoms with Crippen molar-refractivity contribution in [1.82, 2.24) is 14.9 Å². The van der Waals surface area contributed by atoms with Crippen LogP contribution >= 0.6 is 0 Å². The standard InChI is InChI=1S/C27H38N4O3/c1-4-8-24-23(26(34)31(19-25(32)33)14-11-20(2)3)18-28-27(29-24)30-15-12-22(13-16-30)17-21-9-6-5-7-10-21/h5-7,9-10,18,20,22H,4,8,11-17,19H2,1-3H3,(H,32,33). The van der Waals surface area contributed by atoms with Crippen LogP contribution in [0.5, 0.6) is 0 Å². The highest BCUT2D eigenvalue weighted by Gasteiger charge is 2.25. The molecule has 7 nitrogen and oxygen atoms in total. The fourth-order valence-corrected chi connectivity index (χ4v) is 4.45. The third-order valence-corrected chi connectivity index (χ3v) is 6.43. The van der Waals surface area contributed by atoms with E-state index in [-0.39, 0.29) is 12.5 Å². The molecule has 1 N–H and O–H groups in total. The van der Waals surface area contributed by atoms with E-state index in [0.717, 1.165) is 45.2 Å². The smallest absolute Gasteiger partial charge is 0.323 e. The maximum Gasteiger partial charge on any atom is 0.323 e. The Bertz CT molecular complexity index is 940. The van der Waals surface area contributed by atoms with Crippen LogP contribution in [0.4, 0.5) is 5.95 Å². The maximum atomic E-state index is 13.3. The molecule has 1 amide bonds. The Morgan fingerprint density at radius 1 is 1.18 bits per heavy atom. The van der Waals surface area contributed by atoms with Gasteiger partial charge in [0, 0.05) is 25.8 Å². The topological polar surface area (TPSA) is 86.6 Å². The number of hydrogen-bond donors (Lipinski definition) is 1. The second-order valence-electron chi connectivity index (χ2n) is 9.70. The van der Waals surface area contributed by atoms with Gasteiger partial charge in [-0.25, -0.2) is 9.97 Å². The zero-order valence-electron chi connectivity index (χ0n) is 20.7. The van der Waals surface area contributed by atoms with Crippen molar-refractivity contribution in [3.8, 4) is 0 Å². The molecule has 0 radical (unpaired) electrons. The molecule has 1 saturated heterocycles. The first-order valence-electron chi connectivity index (χ1n) is 12.5. The van der Waals surface area contributed by atoms with Gasteiger partial charge in [0.1, 0.15) is 6.54 Å². The lowest BCUT2D eigenvalue weighted by atomic mass is 9.90. The van der Waals surface area contributed by atoms with Crippen LogP contribution in [0.15, 0.2) is 36.5 Å². The number of hydrogen-bond acceptors (Lipinski definition) is 5. The average molecular weight is 467 g/mol. The van der Waals surface area contributed by atoms with Crippen LogP contribution < -0.4 is 4.90 Å². The fourth-order valence-electron chi connectivity index (χ4n) is 4.45. The normalized spacial score (nSPS) is 14.4. The molecule has 1 fully saturated rings. The maximum absolute atomic E-state index is 13.3. The van der Waals surface area contributed by atoms with Crippen molar-refractivity contribution in [2.45, 2.75) is 59.3 Å². The summed E-state index contributed by atoms with van der Waals surface area (Å²) in [7, 11) is 0. The number of rotatable bonds is 11. The largest absolute Gasteiger partial charge is 0.480 e. The van der Waals surface area contributed by atoms with Gasteiger partial charge in [-0.15, -0.1) is 0 Å². The minimum Gasteiger partial charge on any atom is -0.480 e. The number of carboxylic acids is 1. The van der Waals surface area contributed by atoms with Gasteiger partial charge in [0.15, 0.2) is 0 Å². The molecule has 1 aromatic carbocycles. The van der Waals surface area contributed by atoms with E-state index >= 15 is 0 Å². The average Bonchev–Trinajstić information content (AvgIpc) is 2.82. The van der Waals surface area contributed by atoms with Crippen molar-refractivity contribution in [1.29, 1.82) is 0 Å². The molecular formula is C27H38N4O3. The van der Waals surface area contributed by atoms with E-state index in [1.54, 1.807) is 6.20 Å². The Morgan fingerprint density at radius 2 is 1.88 bits per heavy atom. The van der Waals surface area contributed by atoms with Crippen LogP contribution in [0.25, 0.3) is 0 Å². The van der Waals surface area contributed by atoms with Gasteiger partial charge in [0.25, 0.3) is 5.91 Å². The molecule has 2 aromatic rings. The molecule has 34 heavy (non-hydrogen) atoms. The van der Waals surface area contributed by atoms with Crippen LogP contribution in [0, 0.1) is 11.8 Å². The van der Waals surface area contributed by atoms with Gasteiger partial charge in [0.05, 0.1) is 11.3 Å². The summed E-state index contributed by atoms with van der Waals surface area (Å²) in [5.41, 5.74) is 2.52. The van der Waals surface area contributed by atoms with Gasteiger partial charge in [-0.3, -0.25) is 9.59 Å². The SMILES string of the molecule is CCCc1nc(N2CCC(Cc3ccccc3)CC2)ncc1C(=O)N(CCC(C)C)CC(=O)O. The quantitative estimate of drug-likeness (QED) is 0.526. The molecule has 0 aliphatic carbocycles. The second-order valence-corrected chi connectivity index (χ2v) is 9.70. The third-order valence-electron chi connectivity index (χ3n) is 6.43. The van der Waals surface area contributed by atoms with Crippen molar-refractivity contribution in [2.75, 3.05) is 31.1 Å². The van der Waals surface area contributed by atoms with E-state index in [1.807, 2.05) is 0 Å². The van der Waals surface area contributed by atoms with Crippen molar-refractivity contribution < 1.29 is 14.7 Å². The molecule has 0 spiro atoms. The molecule has 7 heteroatoms. The summed E-state index contributed by atoms with van der Waals surface area (Å²) in [6.07, 6.45) is 7.13. The Morgan fingerprint density at radius 3 is 2.50 bits per heavy atom. The first-order valence-corrected chi connectivity index (χ1v) is 12.5. The summed E-state index contributed by atoms with van der Waals surface area (Å²) >= 11 is 0. The Kier molecular flexibility index (Phi) is 9.42. The molecule has 0 unspecified atom stereocenters. The van der Waals surface area contributed by atoms with Crippen LogP contribution in [0.1, 0.15) is 68.1 Å². The molecule has 3 rings (SSSR count). The van der Waals surface area contributed by atoms with Gasteiger partial charge < -0.3 is 14.9 Å². The monoisotopic (exact) mass is 466 g/mol.